The number of nitrogens with zero attached hydrogens (tertiary/aromatic N) is 3. The van der Waals surface area contributed by atoms with Crippen LogP contribution in [0.2, 0.25) is 0 Å². The molecule has 0 spiro atoms. The van der Waals surface area contributed by atoms with Crippen molar-refractivity contribution in [3.05, 3.63) is 53.6 Å². The molecule has 26 heavy (non-hydrogen) atoms. The number of pyridine rings is 1. The predicted molar refractivity (Wildman–Crippen MR) is 101 cm³/mol. The zero-order valence-corrected chi connectivity index (χ0v) is 16.1. The minimum Gasteiger partial charge on any atom is -0.258 e. The second-order valence-electron chi connectivity index (χ2n) is 6.92. The Kier molecular flexibility index (Phi) is 5.41. The van der Waals surface area contributed by atoms with Gasteiger partial charge in [-0.1, -0.05) is 12.1 Å². The number of rotatable bonds is 4. The Morgan fingerprint density at radius 2 is 1.85 bits per heavy atom. The third kappa shape index (κ3) is 3.95. The molecule has 7 heteroatoms. The van der Waals surface area contributed by atoms with Crippen LogP contribution < -0.4 is 0 Å². The van der Waals surface area contributed by atoms with Crippen molar-refractivity contribution in [3.8, 4) is 11.1 Å². The van der Waals surface area contributed by atoms with Gasteiger partial charge in [-0.15, -0.1) is 0 Å². The molecule has 1 fully saturated rings. The van der Waals surface area contributed by atoms with Gasteiger partial charge in [-0.25, -0.2) is 4.39 Å². The molecule has 0 amide bonds. The lowest BCUT2D eigenvalue weighted by molar-refractivity contribution is 0.296. The van der Waals surface area contributed by atoms with Gasteiger partial charge in [0.05, 0.1) is 0 Å². The zero-order valence-electron chi connectivity index (χ0n) is 15.3. The lowest BCUT2D eigenvalue weighted by atomic mass is 9.93. The van der Waals surface area contributed by atoms with Gasteiger partial charge in [-0.3, -0.25) is 4.98 Å². The number of halogens is 1. The molecule has 0 aliphatic carbocycles. The van der Waals surface area contributed by atoms with E-state index in [1.165, 1.54) is 20.7 Å². The second kappa shape index (κ2) is 7.42. The highest BCUT2D eigenvalue weighted by atomic mass is 32.2. The van der Waals surface area contributed by atoms with Crippen LogP contribution in [0, 0.1) is 12.7 Å². The van der Waals surface area contributed by atoms with E-state index in [2.05, 4.69) is 4.98 Å². The molecule has 2 heterocycles. The first-order valence-corrected chi connectivity index (χ1v) is 10.1. The van der Waals surface area contributed by atoms with Crippen LogP contribution in [0.15, 0.2) is 36.4 Å². The van der Waals surface area contributed by atoms with Crippen LogP contribution in [-0.4, -0.2) is 49.2 Å². The molecule has 1 atom stereocenters. The lowest BCUT2D eigenvalue weighted by Gasteiger charge is -2.33. The van der Waals surface area contributed by atoms with Gasteiger partial charge in [0.2, 0.25) is 0 Å². The summed E-state index contributed by atoms with van der Waals surface area (Å²) in [6.45, 7) is 2.89. The van der Waals surface area contributed by atoms with Gasteiger partial charge in [0, 0.05) is 44.5 Å². The van der Waals surface area contributed by atoms with Crippen LogP contribution in [-0.2, 0) is 10.2 Å². The molecule has 140 valence electrons. The molecular formula is C19H24FN3O2S. The molecule has 1 aromatic carbocycles. The molecule has 3 rings (SSSR count). The quantitative estimate of drug-likeness (QED) is 0.822. The van der Waals surface area contributed by atoms with Gasteiger partial charge in [0.25, 0.3) is 10.2 Å². The van der Waals surface area contributed by atoms with Crippen molar-refractivity contribution < 1.29 is 12.8 Å². The van der Waals surface area contributed by atoms with Gasteiger partial charge in [0.1, 0.15) is 5.82 Å². The third-order valence-corrected chi connectivity index (χ3v) is 6.65. The standard InChI is InChI=1S/C19H24FN3O2S/c1-14-11-17(15-6-8-18(20)9-7-15)12-19(21-14)16-5-4-10-23(13-16)26(24,25)22(2)3/h6-9,11-12,16H,4-5,10,13H2,1-3H3. The monoisotopic (exact) mass is 377 g/mol. The fourth-order valence-corrected chi connectivity index (χ4v) is 4.53. The lowest BCUT2D eigenvalue weighted by Crippen LogP contribution is -2.45. The summed E-state index contributed by atoms with van der Waals surface area (Å²) >= 11 is 0. The van der Waals surface area contributed by atoms with Gasteiger partial charge in [0.15, 0.2) is 0 Å². The van der Waals surface area contributed by atoms with Crippen molar-refractivity contribution in [1.29, 1.82) is 0 Å². The highest BCUT2D eigenvalue weighted by Gasteiger charge is 2.31. The van der Waals surface area contributed by atoms with Crippen LogP contribution >= 0.6 is 0 Å². The largest absolute Gasteiger partial charge is 0.281 e. The van der Waals surface area contributed by atoms with Gasteiger partial charge < -0.3 is 0 Å². The molecule has 1 saturated heterocycles. The summed E-state index contributed by atoms with van der Waals surface area (Å²) in [6.07, 6.45) is 1.71. The number of piperidine rings is 1. The molecule has 0 saturated carbocycles. The maximum absolute atomic E-state index is 13.2. The molecule has 5 nitrogen and oxygen atoms in total. The molecule has 2 aromatic rings. The Morgan fingerprint density at radius 3 is 2.50 bits per heavy atom. The van der Waals surface area contributed by atoms with Crippen LogP contribution in [0.25, 0.3) is 11.1 Å². The summed E-state index contributed by atoms with van der Waals surface area (Å²) in [7, 11) is -0.317. The SMILES string of the molecule is Cc1cc(-c2ccc(F)cc2)cc(C2CCCN(S(=O)(=O)N(C)C)C2)n1. The normalized spacial score (nSPS) is 19.0. The summed E-state index contributed by atoms with van der Waals surface area (Å²) in [5, 5.41) is 0. The van der Waals surface area contributed by atoms with Crippen molar-refractivity contribution in [2.24, 2.45) is 0 Å². The van der Waals surface area contributed by atoms with Crippen molar-refractivity contribution in [2.45, 2.75) is 25.7 Å². The van der Waals surface area contributed by atoms with E-state index < -0.39 is 10.2 Å². The average molecular weight is 377 g/mol. The van der Waals surface area contributed by atoms with Crippen molar-refractivity contribution in [3.63, 3.8) is 0 Å². The molecule has 0 radical (unpaired) electrons. The summed E-state index contributed by atoms with van der Waals surface area (Å²) < 4.78 is 40.9. The Bertz CT molecular complexity index is 882. The minimum atomic E-state index is -3.42. The highest BCUT2D eigenvalue weighted by Crippen LogP contribution is 2.31. The van der Waals surface area contributed by atoms with E-state index >= 15 is 0 Å². The molecule has 1 unspecified atom stereocenters. The Morgan fingerprint density at radius 1 is 1.15 bits per heavy atom. The van der Waals surface area contributed by atoms with E-state index in [-0.39, 0.29) is 11.7 Å². The number of hydrogen-bond donors (Lipinski definition) is 0. The number of aryl methyl sites for hydroxylation is 1. The molecule has 0 bridgehead atoms. The molecule has 1 aliphatic heterocycles. The van der Waals surface area contributed by atoms with Crippen LogP contribution in [0.4, 0.5) is 4.39 Å². The highest BCUT2D eigenvalue weighted by molar-refractivity contribution is 7.86. The fourth-order valence-electron chi connectivity index (χ4n) is 3.34. The van der Waals surface area contributed by atoms with E-state index in [0.717, 1.165) is 35.4 Å². The van der Waals surface area contributed by atoms with E-state index in [9.17, 15) is 12.8 Å². The van der Waals surface area contributed by atoms with E-state index in [4.69, 9.17) is 0 Å². The second-order valence-corrected chi connectivity index (χ2v) is 9.06. The van der Waals surface area contributed by atoms with Crippen molar-refractivity contribution in [1.82, 2.24) is 13.6 Å². The average Bonchev–Trinajstić information content (AvgIpc) is 2.62. The van der Waals surface area contributed by atoms with E-state index in [1.807, 2.05) is 19.1 Å². The smallest absolute Gasteiger partial charge is 0.258 e. The maximum atomic E-state index is 13.2. The Hall–Kier alpha value is -1.83. The van der Waals surface area contributed by atoms with E-state index in [0.29, 0.717) is 13.1 Å². The van der Waals surface area contributed by atoms with Gasteiger partial charge >= 0.3 is 0 Å². The van der Waals surface area contributed by atoms with Crippen molar-refractivity contribution in [2.75, 3.05) is 27.2 Å². The summed E-state index contributed by atoms with van der Waals surface area (Å²) in [5.74, 6) is -0.214. The Labute approximate surface area is 154 Å². The first-order valence-electron chi connectivity index (χ1n) is 8.69. The topological polar surface area (TPSA) is 53.5 Å². The first kappa shape index (κ1) is 18.9. The maximum Gasteiger partial charge on any atom is 0.281 e. The van der Waals surface area contributed by atoms with Crippen molar-refractivity contribution >= 4 is 10.2 Å². The number of aromatic nitrogens is 1. The molecule has 1 aliphatic rings. The van der Waals surface area contributed by atoms with Crippen LogP contribution in [0.1, 0.15) is 30.1 Å². The molecule has 0 N–H and O–H groups in total. The molecule has 1 aromatic heterocycles. The summed E-state index contributed by atoms with van der Waals surface area (Å²) in [5.41, 5.74) is 3.66. The number of hydrogen-bond acceptors (Lipinski definition) is 3. The zero-order chi connectivity index (χ0) is 18.9. The first-order chi connectivity index (χ1) is 12.3. The van der Waals surface area contributed by atoms with Crippen LogP contribution in [0.5, 0.6) is 0 Å². The fraction of sp³-hybridized carbons (Fsp3) is 0.421. The summed E-state index contributed by atoms with van der Waals surface area (Å²) in [4.78, 5) is 4.65. The van der Waals surface area contributed by atoms with Gasteiger partial charge in [-0.2, -0.15) is 17.0 Å². The predicted octanol–water partition coefficient (Wildman–Crippen LogP) is 3.18. The van der Waals surface area contributed by atoms with Crippen LogP contribution in [0.3, 0.4) is 0 Å². The Balaban J connectivity index is 1.90. The van der Waals surface area contributed by atoms with Gasteiger partial charge in [-0.05, 0) is 55.2 Å². The summed E-state index contributed by atoms with van der Waals surface area (Å²) in [6, 6.07) is 10.3. The third-order valence-electron chi connectivity index (χ3n) is 4.74. The van der Waals surface area contributed by atoms with E-state index in [1.54, 1.807) is 26.2 Å². The minimum absolute atomic E-state index is 0.0533. The molecular weight excluding hydrogens is 353 g/mol. The number of benzene rings is 1.